The summed E-state index contributed by atoms with van der Waals surface area (Å²) in [6, 6.07) is 6.05. The van der Waals surface area contributed by atoms with E-state index in [0.717, 1.165) is 31.4 Å². The molecule has 2 aliphatic rings. The number of aliphatic hydroxyl groups excluding tert-OH is 1. The van der Waals surface area contributed by atoms with Crippen LogP contribution in [0.4, 0.5) is 0 Å². The minimum atomic E-state index is -0.404. The molecule has 0 aromatic heterocycles. The minimum absolute atomic E-state index is 0.0101. The van der Waals surface area contributed by atoms with Gasteiger partial charge < -0.3 is 15.2 Å². The molecule has 1 aromatic rings. The molecule has 1 saturated carbocycles. The number of aliphatic hydroxyl groups is 1. The van der Waals surface area contributed by atoms with E-state index >= 15 is 0 Å². The second kappa shape index (κ2) is 5.83. The third kappa shape index (κ3) is 3.31. The third-order valence-corrected chi connectivity index (χ3v) is 4.11. The summed E-state index contributed by atoms with van der Waals surface area (Å²) in [5.74, 6) is 0.960. The van der Waals surface area contributed by atoms with E-state index in [1.54, 1.807) is 0 Å². The van der Waals surface area contributed by atoms with E-state index in [0.29, 0.717) is 12.5 Å². The summed E-state index contributed by atoms with van der Waals surface area (Å²) in [5.41, 5.74) is 2.74. The number of benzene rings is 1. The second-order valence-corrected chi connectivity index (χ2v) is 5.78. The molecular formula is C16H21NO3. The number of hydrogen-bond donors (Lipinski definition) is 2. The average Bonchev–Trinajstić information content (AvgIpc) is 3.20. The maximum Gasteiger partial charge on any atom is 0.258 e. The number of hydrogen-bond acceptors (Lipinski definition) is 3. The van der Waals surface area contributed by atoms with Gasteiger partial charge in [0, 0.05) is 6.54 Å². The highest BCUT2D eigenvalue weighted by molar-refractivity contribution is 5.77. The van der Waals surface area contributed by atoms with Gasteiger partial charge in [-0.15, -0.1) is 0 Å². The predicted molar refractivity (Wildman–Crippen MR) is 75.7 cm³/mol. The van der Waals surface area contributed by atoms with Gasteiger partial charge in [-0.1, -0.05) is 6.07 Å². The van der Waals surface area contributed by atoms with Crippen LogP contribution >= 0.6 is 0 Å². The summed E-state index contributed by atoms with van der Waals surface area (Å²) in [6.07, 6.45) is 5.20. The van der Waals surface area contributed by atoms with Crippen LogP contribution in [0.15, 0.2) is 18.2 Å². The lowest BCUT2D eigenvalue weighted by Crippen LogP contribution is -2.36. The zero-order valence-corrected chi connectivity index (χ0v) is 11.6. The third-order valence-electron chi connectivity index (χ3n) is 4.11. The van der Waals surface area contributed by atoms with Crippen LogP contribution in [-0.4, -0.2) is 30.3 Å². The molecular weight excluding hydrogens is 254 g/mol. The first-order chi connectivity index (χ1) is 9.72. The molecule has 0 aliphatic heterocycles. The van der Waals surface area contributed by atoms with Crippen molar-refractivity contribution in [3.05, 3.63) is 29.3 Å². The molecule has 0 spiro atoms. The summed E-state index contributed by atoms with van der Waals surface area (Å²) < 4.78 is 5.51. The van der Waals surface area contributed by atoms with E-state index in [1.807, 2.05) is 12.1 Å². The molecule has 2 aliphatic carbocycles. The van der Waals surface area contributed by atoms with E-state index in [1.165, 1.54) is 17.5 Å². The Labute approximate surface area is 119 Å². The van der Waals surface area contributed by atoms with E-state index in [4.69, 9.17) is 4.74 Å². The lowest BCUT2D eigenvalue weighted by Gasteiger charge is -2.11. The van der Waals surface area contributed by atoms with Crippen molar-refractivity contribution in [2.45, 2.75) is 38.2 Å². The van der Waals surface area contributed by atoms with Crippen LogP contribution in [-0.2, 0) is 17.6 Å². The van der Waals surface area contributed by atoms with Crippen molar-refractivity contribution in [3.63, 3.8) is 0 Å². The van der Waals surface area contributed by atoms with Crippen molar-refractivity contribution in [3.8, 4) is 5.75 Å². The number of nitrogens with one attached hydrogen (secondary N) is 1. The molecule has 1 unspecified atom stereocenters. The Hall–Kier alpha value is -1.55. The van der Waals surface area contributed by atoms with Gasteiger partial charge in [0.05, 0.1) is 6.10 Å². The summed E-state index contributed by atoms with van der Waals surface area (Å²) >= 11 is 0. The Morgan fingerprint density at radius 3 is 2.95 bits per heavy atom. The van der Waals surface area contributed by atoms with Gasteiger partial charge in [0.15, 0.2) is 6.61 Å². The Morgan fingerprint density at radius 1 is 1.35 bits per heavy atom. The highest BCUT2D eigenvalue weighted by atomic mass is 16.5. The van der Waals surface area contributed by atoms with Gasteiger partial charge in [-0.25, -0.2) is 0 Å². The number of ether oxygens (including phenoxy) is 1. The summed E-state index contributed by atoms with van der Waals surface area (Å²) in [6.45, 7) is 0.340. The SMILES string of the molecule is O=C(COc1ccc2c(c1)CCC2)NCC(O)C1CC1. The minimum Gasteiger partial charge on any atom is -0.484 e. The van der Waals surface area contributed by atoms with Gasteiger partial charge in [0.1, 0.15) is 5.75 Å². The second-order valence-electron chi connectivity index (χ2n) is 5.78. The Balaban J connectivity index is 1.43. The quantitative estimate of drug-likeness (QED) is 0.826. The lowest BCUT2D eigenvalue weighted by atomic mass is 10.1. The van der Waals surface area contributed by atoms with Crippen molar-refractivity contribution >= 4 is 5.91 Å². The van der Waals surface area contributed by atoms with E-state index in [9.17, 15) is 9.90 Å². The van der Waals surface area contributed by atoms with Crippen LogP contribution in [0.2, 0.25) is 0 Å². The van der Waals surface area contributed by atoms with Crippen LogP contribution in [0.1, 0.15) is 30.4 Å². The van der Waals surface area contributed by atoms with E-state index in [2.05, 4.69) is 11.4 Å². The van der Waals surface area contributed by atoms with Crippen LogP contribution < -0.4 is 10.1 Å². The van der Waals surface area contributed by atoms with Gasteiger partial charge in [-0.05, 0) is 61.3 Å². The molecule has 0 heterocycles. The smallest absolute Gasteiger partial charge is 0.258 e. The standard InChI is InChI=1S/C16H21NO3/c18-15(12-4-5-12)9-17-16(19)10-20-14-7-6-11-2-1-3-13(11)8-14/h6-8,12,15,18H,1-5,9-10H2,(H,17,19). The first kappa shape index (κ1) is 13.4. The maximum atomic E-state index is 11.7. The van der Waals surface area contributed by atoms with Gasteiger partial charge in [0.2, 0.25) is 0 Å². The molecule has 0 saturated heterocycles. The first-order valence-electron chi connectivity index (χ1n) is 7.42. The number of rotatable bonds is 6. The number of carbonyl (C=O) groups is 1. The summed E-state index contributed by atoms with van der Waals surface area (Å²) in [7, 11) is 0. The Bertz CT molecular complexity index is 496. The molecule has 3 rings (SSSR count). The maximum absolute atomic E-state index is 11.7. The topological polar surface area (TPSA) is 58.6 Å². The predicted octanol–water partition coefficient (Wildman–Crippen LogP) is 1.44. The highest BCUT2D eigenvalue weighted by Gasteiger charge is 2.29. The van der Waals surface area contributed by atoms with Gasteiger partial charge in [0.25, 0.3) is 5.91 Å². The highest BCUT2D eigenvalue weighted by Crippen LogP contribution is 2.32. The van der Waals surface area contributed by atoms with Crippen molar-refractivity contribution in [2.75, 3.05) is 13.2 Å². The van der Waals surface area contributed by atoms with Gasteiger partial charge in [-0.3, -0.25) is 4.79 Å². The molecule has 0 radical (unpaired) electrons. The van der Waals surface area contributed by atoms with E-state index in [-0.39, 0.29) is 12.5 Å². The molecule has 1 amide bonds. The van der Waals surface area contributed by atoms with Crippen molar-refractivity contribution in [1.82, 2.24) is 5.32 Å². The Kier molecular flexibility index (Phi) is 3.92. The molecule has 0 bridgehead atoms. The summed E-state index contributed by atoms with van der Waals surface area (Å²) in [4.78, 5) is 11.7. The molecule has 4 nitrogen and oxygen atoms in total. The normalized spacial score (nSPS) is 18.4. The number of amides is 1. The molecule has 1 fully saturated rings. The van der Waals surface area contributed by atoms with Crippen molar-refractivity contribution in [2.24, 2.45) is 5.92 Å². The molecule has 4 heteroatoms. The van der Waals surface area contributed by atoms with Gasteiger partial charge >= 0.3 is 0 Å². The van der Waals surface area contributed by atoms with Crippen molar-refractivity contribution < 1.29 is 14.6 Å². The molecule has 20 heavy (non-hydrogen) atoms. The van der Waals surface area contributed by atoms with Crippen LogP contribution in [0.5, 0.6) is 5.75 Å². The van der Waals surface area contributed by atoms with Crippen LogP contribution in [0.25, 0.3) is 0 Å². The largest absolute Gasteiger partial charge is 0.484 e. The fourth-order valence-corrected chi connectivity index (χ4v) is 2.70. The first-order valence-corrected chi connectivity index (χ1v) is 7.42. The zero-order valence-electron chi connectivity index (χ0n) is 11.6. The molecule has 1 aromatic carbocycles. The Morgan fingerprint density at radius 2 is 2.15 bits per heavy atom. The summed E-state index contributed by atoms with van der Waals surface area (Å²) in [5, 5.41) is 12.4. The number of aryl methyl sites for hydroxylation is 2. The van der Waals surface area contributed by atoms with Crippen molar-refractivity contribution in [1.29, 1.82) is 0 Å². The molecule has 1 atom stereocenters. The van der Waals surface area contributed by atoms with E-state index < -0.39 is 6.10 Å². The molecule has 108 valence electrons. The van der Waals surface area contributed by atoms with Crippen LogP contribution in [0, 0.1) is 5.92 Å². The monoisotopic (exact) mass is 275 g/mol. The fourth-order valence-electron chi connectivity index (χ4n) is 2.70. The van der Waals surface area contributed by atoms with Gasteiger partial charge in [-0.2, -0.15) is 0 Å². The average molecular weight is 275 g/mol. The zero-order chi connectivity index (χ0) is 13.9. The van der Waals surface area contributed by atoms with Crippen LogP contribution in [0.3, 0.4) is 0 Å². The number of fused-ring (bicyclic) bond motifs is 1. The number of carbonyl (C=O) groups excluding carboxylic acids is 1. The lowest BCUT2D eigenvalue weighted by molar-refractivity contribution is -0.123. The molecule has 2 N–H and O–H groups in total. The fraction of sp³-hybridized carbons (Fsp3) is 0.562.